The van der Waals surface area contributed by atoms with E-state index in [9.17, 15) is 8.42 Å². The van der Waals surface area contributed by atoms with Crippen LogP contribution in [-0.4, -0.2) is 26.0 Å². The fourth-order valence-corrected chi connectivity index (χ4v) is 5.31. The van der Waals surface area contributed by atoms with Crippen LogP contribution in [0.25, 0.3) is 10.9 Å². The molecule has 0 spiro atoms. The van der Waals surface area contributed by atoms with E-state index < -0.39 is 10.0 Å². The van der Waals surface area contributed by atoms with Gasteiger partial charge in [0.05, 0.1) is 4.90 Å². The van der Waals surface area contributed by atoms with E-state index in [-0.39, 0.29) is 6.04 Å². The molecule has 0 bridgehead atoms. The molecule has 1 aromatic heterocycles. The van der Waals surface area contributed by atoms with Crippen molar-refractivity contribution < 1.29 is 8.42 Å². The standard InChI is InChI=1S/C21H27N3O2S/c1-5-18(13-23-19-6-7-20-17(12-19)8-9-22-20)24-27(25,26)21-15(3)10-14(2)11-16(21)4/h6-12,18,22-24H,5,13H2,1-4H3/t18-/m0/s1. The Morgan fingerprint density at radius 2 is 1.74 bits per heavy atom. The SMILES string of the molecule is CC[C@@H](CNc1ccc2[nH]ccc2c1)NS(=O)(=O)c1c(C)cc(C)cc1C. The minimum atomic E-state index is -3.57. The van der Waals surface area contributed by atoms with Crippen LogP contribution in [0.4, 0.5) is 5.69 Å². The summed E-state index contributed by atoms with van der Waals surface area (Å²) in [5.74, 6) is 0. The van der Waals surface area contributed by atoms with Crippen molar-refractivity contribution >= 4 is 26.6 Å². The third-order valence-electron chi connectivity index (χ3n) is 4.79. The maximum absolute atomic E-state index is 13.0. The molecule has 3 N–H and O–H groups in total. The summed E-state index contributed by atoms with van der Waals surface area (Å²) in [5, 5.41) is 4.47. The lowest BCUT2D eigenvalue weighted by Crippen LogP contribution is -2.39. The number of aromatic nitrogens is 1. The molecule has 0 fully saturated rings. The van der Waals surface area contributed by atoms with E-state index in [0.717, 1.165) is 33.3 Å². The molecule has 0 aliphatic heterocycles. The van der Waals surface area contributed by atoms with E-state index in [1.165, 1.54) is 0 Å². The number of rotatable bonds is 7. The number of aryl methyl sites for hydroxylation is 3. The highest BCUT2D eigenvalue weighted by Crippen LogP contribution is 2.22. The zero-order valence-corrected chi connectivity index (χ0v) is 17.1. The fourth-order valence-electron chi connectivity index (χ4n) is 3.54. The van der Waals surface area contributed by atoms with Crippen molar-refractivity contribution in [2.24, 2.45) is 0 Å². The second-order valence-electron chi connectivity index (χ2n) is 7.11. The van der Waals surface area contributed by atoms with E-state index in [0.29, 0.717) is 17.9 Å². The van der Waals surface area contributed by atoms with Crippen LogP contribution in [0.15, 0.2) is 47.5 Å². The van der Waals surface area contributed by atoms with Gasteiger partial charge in [-0.25, -0.2) is 13.1 Å². The Balaban J connectivity index is 1.74. The summed E-state index contributed by atoms with van der Waals surface area (Å²) in [6.45, 7) is 8.18. The second kappa shape index (κ2) is 7.74. The van der Waals surface area contributed by atoms with Crippen molar-refractivity contribution in [3.63, 3.8) is 0 Å². The smallest absolute Gasteiger partial charge is 0.241 e. The number of hydrogen-bond donors (Lipinski definition) is 3. The molecular weight excluding hydrogens is 358 g/mol. The Labute approximate surface area is 161 Å². The number of nitrogens with one attached hydrogen (secondary N) is 3. The number of benzene rings is 2. The number of hydrogen-bond acceptors (Lipinski definition) is 3. The van der Waals surface area contributed by atoms with Crippen LogP contribution in [0.2, 0.25) is 0 Å². The van der Waals surface area contributed by atoms with Crippen molar-refractivity contribution in [3.8, 4) is 0 Å². The zero-order chi connectivity index (χ0) is 19.6. The predicted octanol–water partition coefficient (Wildman–Crippen LogP) is 4.26. The minimum absolute atomic E-state index is 0.197. The molecule has 27 heavy (non-hydrogen) atoms. The predicted molar refractivity (Wildman–Crippen MR) is 112 cm³/mol. The number of fused-ring (bicyclic) bond motifs is 1. The zero-order valence-electron chi connectivity index (χ0n) is 16.3. The van der Waals surface area contributed by atoms with Crippen LogP contribution in [0.3, 0.4) is 0 Å². The highest BCUT2D eigenvalue weighted by molar-refractivity contribution is 7.89. The van der Waals surface area contributed by atoms with Crippen LogP contribution in [-0.2, 0) is 10.0 Å². The number of sulfonamides is 1. The first-order valence-electron chi connectivity index (χ1n) is 9.21. The normalized spacial score (nSPS) is 13.0. The average Bonchev–Trinajstić information content (AvgIpc) is 3.04. The summed E-state index contributed by atoms with van der Waals surface area (Å²) in [6.07, 6.45) is 2.60. The summed E-state index contributed by atoms with van der Waals surface area (Å²) in [5.41, 5.74) is 4.68. The summed E-state index contributed by atoms with van der Waals surface area (Å²) in [4.78, 5) is 3.56. The molecule has 0 aliphatic rings. The fraction of sp³-hybridized carbons (Fsp3) is 0.333. The summed E-state index contributed by atoms with van der Waals surface area (Å²) in [7, 11) is -3.57. The van der Waals surface area contributed by atoms with Crippen molar-refractivity contribution in [1.82, 2.24) is 9.71 Å². The van der Waals surface area contributed by atoms with Crippen molar-refractivity contribution in [3.05, 3.63) is 59.3 Å². The van der Waals surface area contributed by atoms with Gasteiger partial charge in [0, 0.05) is 35.4 Å². The maximum atomic E-state index is 13.0. The first-order valence-corrected chi connectivity index (χ1v) is 10.7. The van der Waals surface area contributed by atoms with Gasteiger partial charge in [0.15, 0.2) is 0 Å². The number of anilines is 1. The summed E-state index contributed by atoms with van der Waals surface area (Å²) >= 11 is 0. The van der Waals surface area contributed by atoms with Gasteiger partial charge >= 0.3 is 0 Å². The van der Waals surface area contributed by atoms with Gasteiger partial charge in [0.25, 0.3) is 0 Å². The summed E-state index contributed by atoms with van der Waals surface area (Å²) in [6, 6.07) is 11.7. The Morgan fingerprint density at radius 1 is 1.04 bits per heavy atom. The minimum Gasteiger partial charge on any atom is -0.383 e. The molecule has 3 aromatic rings. The molecule has 0 amide bonds. The van der Waals surface area contributed by atoms with Crippen LogP contribution in [0.5, 0.6) is 0 Å². The molecule has 0 radical (unpaired) electrons. The van der Waals surface area contributed by atoms with E-state index in [1.807, 2.05) is 64.2 Å². The third-order valence-corrected chi connectivity index (χ3v) is 6.62. The van der Waals surface area contributed by atoms with Crippen LogP contribution in [0.1, 0.15) is 30.0 Å². The summed E-state index contributed by atoms with van der Waals surface area (Å²) < 4.78 is 28.8. The Hall–Kier alpha value is -2.31. The van der Waals surface area contributed by atoms with E-state index in [1.54, 1.807) is 0 Å². The van der Waals surface area contributed by atoms with Gasteiger partial charge in [0.1, 0.15) is 0 Å². The molecule has 5 nitrogen and oxygen atoms in total. The highest BCUT2D eigenvalue weighted by Gasteiger charge is 2.23. The van der Waals surface area contributed by atoms with Crippen molar-refractivity contribution in [1.29, 1.82) is 0 Å². The van der Waals surface area contributed by atoms with Gasteiger partial charge < -0.3 is 10.3 Å². The van der Waals surface area contributed by atoms with Crippen LogP contribution in [0, 0.1) is 20.8 Å². The van der Waals surface area contributed by atoms with Gasteiger partial charge in [-0.2, -0.15) is 0 Å². The molecule has 0 saturated heterocycles. The lowest BCUT2D eigenvalue weighted by molar-refractivity contribution is 0.547. The Kier molecular flexibility index (Phi) is 5.58. The quantitative estimate of drug-likeness (QED) is 0.569. The average molecular weight is 386 g/mol. The van der Waals surface area contributed by atoms with Crippen LogP contribution >= 0.6 is 0 Å². The lowest BCUT2D eigenvalue weighted by atomic mass is 10.1. The third kappa shape index (κ3) is 4.34. The number of aromatic amines is 1. The second-order valence-corrected chi connectivity index (χ2v) is 8.77. The Bertz CT molecular complexity index is 1030. The van der Waals surface area contributed by atoms with E-state index >= 15 is 0 Å². The lowest BCUT2D eigenvalue weighted by Gasteiger charge is -2.20. The molecule has 0 saturated carbocycles. The molecule has 144 valence electrons. The van der Waals surface area contributed by atoms with Gasteiger partial charge in [0.2, 0.25) is 10.0 Å². The first kappa shape index (κ1) is 19.5. The van der Waals surface area contributed by atoms with Crippen molar-refractivity contribution in [2.75, 3.05) is 11.9 Å². The Morgan fingerprint density at radius 3 is 2.41 bits per heavy atom. The molecule has 1 heterocycles. The molecule has 0 unspecified atom stereocenters. The van der Waals surface area contributed by atoms with Gasteiger partial charge in [-0.3, -0.25) is 0 Å². The highest BCUT2D eigenvalue weighted by atomic mass is 32.2. The number of H-pyrrole nitrogens is 1. The molecule has 1 atom stereocenters. The molecule has 2 aromatic carbocycles. The van der Waals surface area contributed by atoms with Crippen molar-refractivity contribution in [2.45, 2.75) is 45.1 Å². The molecular formula is C21H27N3O2S. The van der Waals surface area contributed by atoms with Gasteiger partial charge in [-0.05, 0) is 62.6 Å². The van der Waals surface area contributed by atoms with Crippen LogP contribution < -0.4 is 10.0 Å². The maximum Gasteiger partial charge on any atom is 0.241 e. The molecule has 6 heteroatoms. The topological polar surface area (TPSA) is 74.0 Å². The molecule has 3 rings (SSSR count). The largest absolute Gasteiger partial charge is 0.383 e. The van der Waals surface area contributed by atoms with Gasteiger partial charge in [-0.15, -0.1) is 0 Å². The monoisotopic (exact) mass is 385 g/mol. The van der Waals surface area contributed by atoms with E-state index in [2.05, 4.69) is 21.1 Å². The molecule has 0 aliphatic carbocycles. The van der Waals surface area contributed by atoms with E-state index in [4.69, 9.17) is 0 Å². The van der Waals surface area contributed by atoms with Gasteiger partial charge in [-0.1, -0.05) is 24.6 Å². The first-order chi connectivity index (χ1) is 12.8.